The Morgan fingerprint density at radius 2 is 1.76 bits per heavy atom. The standard InChI is InChI=1S/C25H30O4/c1-17(2)29-23(24(27)28)16-19-8-6-7-18(15-19)9-14-22(26)20-10-12-21(13-11-20)25(3,4)5/h6-8,10-13,15,17,22-23,26H,16H2,1-5H3,(H,27,28). The summed E-state index contributed by atoms with van der Waals surface area (Å²) < 4.78 is 5.47. The van der Waals surface area contributed by atoms with Crippen molar-refractivity contribution in [2.45, 2.75) is 64.8 Å². The molecule has 0 aliphatic carbocycles. The molecule has 154 valence electrons. The minimum Gasteiger partial charge on any atom is -0.479 e. The maximum absolute atomic E-state index is 11.4. The summed E-state index contributed by atoms with van der Waals surface area (Å²) in [6.45, 7) is 10.1. The second-order valence-corrected chi connectivity index (χ2v) is 8.46. The van der Waals surface area contributed by atoms with Crippen LogP contribution in [-0.2, 0) is 21.4 Å². The van der Waals surface area contributed by atoms with Gasteiger partial charge in [0.1, 0.15) is 6.10 Å². The minimum atomic E-state index is -0.982. The van der Waals surface area contributed by atoms with E-state index in [0.29, 0.717) is 0 Å². The topological polar surface area (TPSA) is 66.8 Å². The molecule has 0 heterocycles. The smallest absolute Gasteiger partial charge is 0.333 e. The van der Waals surface area contributed by atoms with Crippen LogP contribution in [0.1, 0.15) is 63.0 Å². The van der Waals surface area contributed by atoms with Crippen LogP contribution < -0.4 is 0 Å². The van der Waals surface area contributed by atoms with Crippen LogP contribution in [0.3, 0.4) is 0 Å². The summed E-state index contributed by atoms with van der Waals surface area (Å²) in [6, 6.07) is 15.2. The largest absolute Gasteiger partial charge is 0.479 e. The number of aliphatic carboxylic acids is 1. The SMILES string of the molecule is CC(C)OC(Cc1cccc(C#CC(O)c2ccc(C(C)(C)C)cc2)c1)C(=O)O. The number of ether oxygens (including phenoxy) is 1. The Morgan fingerprint density at radius 3 is 2.31 bits per heavy atom. The first-order valence-electron chi connectivity index (χ1n) is 9.83. The summed E-state index contributed by atoms with van der Waals surface area (Å²) in [5, 5.41) is 19.7. The van der Waals surface area contributed by atoms with E-state index in [1.54, 1.807) is 0 Å². The number of rotatable bonds is 6. The van der Waals surface area contributed by atoms with E-state index in [1.807, 2.05) is 62.4 Å². The number of carboxylic acid groups (broad SMARTS) is 1. The van der Waals surface area contributed by atoms with Crippen molar-refractivity contribution in [2.75, 3.05) is 0 Å². The molecule has 0 amide bonds. The van der Waals surface area contributed by atoms with Gasteiger partial charge in [-0.3, -0.25) is 0 Å². The van der Waals surface area contributed by atoms with Crippen molar-refractivity contribution in [3.8, 4) is 11.8 Å². The predicted octanol–water partition coefficient (Wildman–Crippen LogP) is 4.49. The van der Waals surface area contributed by atoms with Gasteiger partial charge in [-0.25, -0.2) is 4.79 Å². The highest BCUT2D eigenvalue weighted by Gasteiger charge is 2.20. The van der Waals surface area contributed by atoms with Gasteiger partial charge in [-0.05, 0) is 48.1 Å². The molecule has 0 aliphatic rings. The maximum Gasteiger partial charge on any atom is 0.333 e. The van der Waals surface area contributed by atoms with Gasteiger partial charge in [0.15, 0.2) is 6.10 Å². The zero-order valence-electron chi connectivity index (χ0n) is 17.8. The predicted molar refractivity (Wildman–Crippen MR) is 115 cm³/mol. The molecule has 0 spiro atoms. The van der Waals surface area contributed by atoms with Crippen molar-refractivity contribution in [2.24, 2.45) is 0 Å². The number of carbonyl (C=O) groups is 1. The van der Waals surface area contributed by atoms with Crippen LogP contribution in [0.25, 0.3) is 0 Å². The van der Waals surface area contributed by atoms with Gasteiger partial charge in [-0.1, -0.05) is 69.0 Å². The molecule has 2 aromatic rings. The number of aliphatic hydroxyl groups excluding tert-OH is 1. The molecule has 0 aromatic heterocycles. The Labute approximate surface area is 173 Å². The number of hydrogen-bond donors (Lipinski definition) is 2. The maximum atomic E-state index is 11.4. The summed E-state index contributed by atoms with van der Waals surface area (Å²) in [5.74, 6) is 4.87. The number of aliphatic hydroxyl groups is 1. The van der Waals surface area contributed by atoms with Crippen molar-refractivity contribution in [3.63, 3.8) is 0 Å². The van der Waals surface area contributed by atoms with Crippen molar-refractivity contribution in [1.82, 2.24) is 0 Å². The van der Waals surface area contributed by atoms with Crippen LogP contribution in [0.2, 0.25) is 0 Å². The molecule has 2 unspecified atom stereocenters. The molecule has 0 radical (unpaired) electrons. The lowest BCUT2D eigenvalue weighted by Gasteiger charge is -2.19. The van der Waals surface area contributed by atoms with Crippen molar-refractivity contribution >= 4 is 5.97 Å². The van der Waals surface area contributed by atoms with Crippen LogP contribution in [0.15, 0.2) is 48.5 Å². The minimum absolute atomic E-state index is 0.0582. The first-order chi connectivity index (χ1) is 13.6. The third-order valence-corrected chi connectivity index (χ3v) is 4.51. The molecule has 0 saturated carbocycles. The summed E-state index contributed by atoms with van der Waals surface area (Å²) in [6.07, 6.45) is -1.69. The lowest BCUT2D eigenvalue weighted by molar-refractivity contribution is -0.153. The van der Waals surface area contributed by atoms with Crippen molar-refractivity contribution in [3.05, 3.63) is 70.8 Å². The van der Waals surface area contributed by atoms with Crippen molar-refractivity contribution < 1.29 is 19.7 Å². The van der Waals surface area contributed by atoms with E-state index in [0.717, 1.165) is 16.7 Å². The summed E-state index contributed by atoms with van der Waals surface area (Å²) >= 11 is 0. The Hall–Kier alpha value is -2.61. The first-order valence-corrected chi connectivity index (χ1v) is 9.83. The van der Waals surface area contributed by atoms with Crippen LogP contribution >= 0.6 is 0 Å². The van der Waals surface area contributed by atoms with Crippen molar-refractivity contribution in [1.29, 1.82) is 0 Å². The second-order valence-electron chi connectivity index (χ2n) is 8.46. The molecular formula is C25H30O4. The molecular weight excluding hydrogens is 364 g/mol. The van der Waals surface area contributed by atoms with E-state index in [4.69, 9.17) is 4.74 Å². The fourth-order valence-corrected chi connectivity index (χ4v) is 2.91. The normalized spacial score (nSPS) is 13.5. The van der Waals surface area contributed by atoms with Gasteiger partial charge in [0.2, 0.25) is 0 Å². The van der Waals surface area contributed by atoms with Gasteiger partial charge in [-0.15, -0.1) is 0 Å². The fourth-order valence-electron chi connectivity index (χ4n) is 2.91. The van der Waals surface area contributed by atoms with E-state index in [1.165, 1.54) is 5.56 Å². The van der Waals surface area contributed by atoms with E-state index in [-0.39, 0.29) is 17.9 Å². The fraction of sp³-hybridized carbons (Fsp3) is 0.400. The highest BCUT2D eigenvalue weighted by molar-refractivity contribution is 5.72. The third kappa shape index (κ3) is 7.05. The molecule has 4 nitrogen and oxygen atoms in total. The highest BCUT2D eigenvalue weighted by Crippen LogP contribution is 2.24. The van der Waals surface area contributed by atoms with Crippen LogP contribution in [0.4, 0.5) is 0 Å². The molecule has 2 aromatic carbocycles. The third-order valence-electron chi connectivity index (χ3n) is 4.51. The first kappa shape index (κ1) is 22.7. The highest BCUT2D eigenvalue weighted by atomic mass is 16.5. The zero-order valence-corrected chi connectivity index (χ0v) is 17.8. The molecule has 2 rings (SSSR count). The van der Waals surface area contributed by atoms with Gasteiger partial charge in [0.25, 0.3) is 0 Å². The Bertz CT molecular complexity index is 880. The van der Waals surface area contributed by atoms with Gasteiger partial charge < -0.3 is 14.9 Å². The molecule has 2 N–H and O–H groups in total. The van der Waals surface area contributed by atoms with Crippen LogP contribution in [0, 0.1) is 11.8 Å². The average molecular weight is 395 g/mol. The van der Waals surface area contributed by atoms with Crippen LogP contribution in [0.5, 0.6) is 0 Å². The Morgan fingerprint density at radius 1 is 1.10 bits per heavy atom. The Kier molecular flexibility index (Phi) is 7.61. The molecule has 0 bridgehead atoms. The quantitative estimate of drug-likeness (QED) is 0.709. The van der Waals surface area contributed by atoms with Crippen LogP contribution in [-0.4, -0.2) is 28.4 Å². The monoisotopic (exact) mass is 394 g/mol. The molecule has 4 heteroatoms. The molecule has 2 atom stereocenters. The van der Waals surface area contributed by atoms with E-state index < -0.39 is 18.2 Å². The lowest BCUT2D eigenvalue weighted by Crippen LogP contribution is -2.29. The van der Waals surface area contributed by atoms with E-state index in [2.05, 4.69) is 32.6 Å². The van der Waals surface area contributed by atoms with E-state index >= 15 is 0 Å². The summed E-state index contributed by atoms with van der Waals surface area (Å²) in [4.78, 5) is 11.4. The van der Waals surface area contributed by atoms with Gasteiger partial charge in [0.05, 0.1) is 6.10 Å². The Balaban J connectivity index is 2.12. The van der Waals surface area contributed by atoms with E-state index in [9.17, 15) is 15.0 Å². The van der Waals surface area contributed by atoms with Gasteiger partial charge in [0, 0.05) is 12.0 Å². The lowest BCUT2D eigenvalue weighted by atomic mass is 9.86. The average Bonchev–Trinajstić information content (AvgIpc) is 2.65. The molecule has 0 fully saturated rings. The summed E-state index contributed by atoms with van der Waals surface area (Å²) in [7, 11) is 0. The number of hydrogen-bond acceptors (Lipinski definition) is 3. The molecule has 29 heavy (non-hydrogen) atoms. The summed E-state index contributed by atoms with van der Waals surface area (Å²) in [5.41, 5.74) is 3.56. The second kappa shape index (κ2) is 9.73. The van der Waals surface area contributed by atoms with Gasteiger partial charge >= 0.3 is 5.97 Å². The number of carboxylic acids is 1. The van der Waals surface area contributed by atoms with Gasteiger partial charge in [-0.2, -0.15) is 0 Å². The molecule has 0 saturated heterocycles. The zero-order chi connectivity index (χ0) is 21.6. The molecule has 0 aliphatic heterocycles. The number of benzene rings is 2.